The van der Waals surface area contributed by atoms with Crippen LogP contribution in [0.1, 0.15) is 5.56 Å². The van der Waals surface area contributed by atoms with Crippen molar-refractivity contribution in [1.29, 1.82) is 0 Å². The standard InChI is InChI=1S/C13H9F4N/c14-12-7-8(18)5-6-10(12)9-3-1-2-4-11(9)13(15,16)17/h1-7H,18H2. The molecule has 0 heterocycles. The number of anilines is 1. The molecule has 5 heteroatoms. The summed E-state index contributed by atoms with van der Waals surface area (Å²) >= 11 is 0. The van der Waals surface area contributed by atoms with Gasteiger partial charge < -0.3 is 5.73 Å². The van der Waals surface area contributed by atoms with Crippen molar-refractivity contribution in [2.45, 2.75) is 6.18 Å². The number of hydrogen-bond donors (Lipinski definition) is 1. The van der Waals surface area contributed by atoms with Gasteiger partial charge in [0.05, 0.1) is 5.56 Å². The Bertz CT molecular complexity index is 575. The van der Waals surface area contributed by atoms with Gasteiger partial charge in [-0.15, -0.1) is 0 Å². The van der Waals surface area contributed by atoms with E-state index < -0.39 is 17.6 Å². The quantitative estimate of drug-likeness (QED) is 0.602. The van der Waals surface area contributed by atoms with Gasteiger partial charge in [0.1, 0.15) is 5.82 Å². The molecule has 0 bridgehead atoms. The van der Waals surface area contributed by atoms with Gasteiger partial charge in [0.2, 0.25) is 0 Å². The zero-order valence-electron chi connectivity index (χ0n) is 9.13. The zero-order chi connectivity index (χ0) is 13.3. The maximum atomic E-state index is 13.7. The summed E-state index contributed by atoms with van der Waals surface area (Å²) in [5.41, 5.74) is 4.36. The van der Waals surface area contributed by atoms with Gasteiger partial charge >= 0.3 is 6.18 Å². The van der Waals surface area contributed by atoms with Crippen LogP contribution in [0.25, 0.3) is 11.1 Å². The van der Waals surface area contributed by atoms with Crippen LogP contribution in [0.5, 0.6) is 0 Å². The molecule has 18 heavy (non-hydrogen) atoms. The fourth-order valence-corrected chi connectivity index (χ4v) is 1.71. The molecular formula is C13H9F4N. The highest BCUT2D eigenvalue weighted by atomic mass is 19.4. The Labute approximate surface area is 101 Å². The molecule has 0 aliphatic heterocycles. The third-order valence-corrected chi connectivity index (χ3v) is 2.52. The van der Waals surface area contributed by atoms with Crippen LogP contribution in [0.3, 0.4) is 0 Å². The predicted molar refractivity (Wildman–Crippen MR) is 61.3 cm³/mol. The van der Waals surface area contributed by atoms with E-state index in [1.807, 2.05) is 0 Å². The van der Waals surface area contributed by atoms with Crippen molar-refractivity contribution in [2.24, 2.45) is 0 Å². The second kappa shape index (κ2) is 4.33. The Morgan fingerprint density at radius 1 is 0.889 bits per heavy atom. The van der Waals surface area contributed by atoms with Gasteiger partial charge in [-0.05, 0) is 29.8 Å². The van der Waals surface area contributed by atoms with E-state index >= 15 is 0 Å². The minimum Gasteiger partial charge on any atom is -0.399 e. The van der Waals surface area contributed by atoms with Crippen LogP contribution in [0.15, 0.2) is 42.5 Å². The lowest BCUT2D eigenvalue weighted by atomic mass is 9.98. The molecule has 0 saturated heterocycles. The third-order valence-electron chi connectivity index (χ3n) is 2.52. The summed E-state index contributed by atoms with van der Waals surface area (Å²) in [6, 6.07) is 8.47. The zero-order valence-corrected chi connectivity index (χ0v) is 9.13. The number of hydrogen-bond acceptors (Lipinski definition) is 1. The first kappa shape index (κ1) is 12.4. The summed E-state index contributed by atoms with van der Waals surface area (Å²) in [5.74, 6) is -0.772. The lowest BCUT2D eigenvalue weighted by molar-refractivity contribution is -0.137. The van der Waals surface area contributed by atoms with Crippen LogP contribution >= 0.6 is 0 Å². The van der Waals surface area contributed by atoms with Crippen LogP contribution in [0.2, 0.25) is 0 Å². The van der Waals surface area contributed by atoms with Crippen molar-refractivity contribution >= 4 is 5.69 Å². The van der Waals surface area contributed by atoms with Gasteiger partial charge in [-0.3, -0.25) is 0 Å². The Kier molecular flexibility index (Phi) is 2.98. The molecule has 0 aliphatic rings. The molecular weight excluding hydrogens is 246 g/mol. The molecule has 0 fully saturated rings. The fourth-order valence-electron chi connectivity index (χ4n) is 1.71. The van der Waals surface area contributed by atoms with Crippen molar-refractivity contribution in [1.82, 2.24) is 0 Å². The second-order valence-electron chi connectivity index (χ2n) is 3.78. The summed E-state index contributed by atoms with van der Waals surface area (Å²) in [7, 11) is 0. The van der Waals surface area contributed by atoms with Gasteiger partial charge in [0, 0.05) is 11.3 Å². The smallest absolute Gasteiger partial charge is 0.399 e. The van der Waals surface area contributed by atoms with E-state index in [4.69, 9.17) is 5.73 Å². The minimum atomic E-state index is -4.52. The maximum absolute atomic E-state index is 13.7. The number of halogens is 4. The van der Waals surface area contributed by atoms with E-state index in [0.29, 0.717) is 0 Å². The molecule has 0 radical (unpaired) electrons. The molecule has 0 spiro atoms. The molecule has 2 rings (SSSR count). The summed E-state index contributed by atoms with van der Waals surface area (Å²) < 4.78 is 52.1. The summed E-state index contributed by atoms with van der Waals surface area (Å²) in [6.07, 6.45) is -4.52. The lowest BCUT2D eigenvalue weighted by Crippen LogP contribution is -2.07. The molecule has 0 saturated carbocycles. The van der Waals surface area contributed by atoms with Crippen molar-refractivity contribution in [2.75, 3.05) is 5.73 Å². The van der Waals surface area contributed by atoms with Gasteiger partial charge in [-0.25, -0.2) is 4.39 Å². The Balaban J connectivity index is 2.64. The average Bonchev–Trinajstić information content (AvgIpc) is 2.28. The molecule has 2 aromatic carbocycles. The third kappa shape index (κ3) is 2.30. The topological polar surface area (TPSA) is 26.0 Å². The normalized spacial score (nSPS) is 11.6. The molecule has 0 aromatic heterocycles. The van der Waals surface area contributed by atoms with E-state index in [1.54, 1.807) is 0 Å². The van der Waals surface area contributed by atoms with Gasteiger partial charge in [0.25, 0.3) is 0 Å². The van der Waals surface area contributed by atoms with Crippen molar-refractivity contribution in [3.8, 4) is 11.1 Å². The maximum Gasteiger partial charge on any atom is 0.417 e. The fraction of sp³-hybridized carbons (Fsp3) is 0.0769. The summed E-state index contributed by atoms with van der Waals surface area (Å²) in [4.78, 5) is 0. The minimum absolute atomic E-state index is 0.114. The predicted octanol–water partition coefficient (Wildman–Crippen LogP) is 4.09. The molecule has 2 N–H and O–H groups in total. The van der Waals surface area contributed by atoms with E-state index in [9.17, 15) is 17.6 Å². The summed E-state index contributed by atoms with van der Waals surface area (Å²) in [6.45, 7) is 0. The molecule has 1 nitrogen and oxygen atoms in total. The molecule has 0 atom stereocenters. The Morgan fingerprint density at radius 3 is 2.17 bits per heavy atom. The largest absolute Gasteiger partial charge is 0.417 e. The monoisotopic (exact) mass is 255 g/mol. The van der Waals surface area contributed by atoms with Crippen LogP contribution < -0.4 is 5.73 Å². The highest BCUT2D eigenvalue weighted by Gasteiger charge is 2.33. The van der Waals surface area contributed by atoms with Crippen molar-refractivity contribution < 1.29 is 17.6 Å². The number of alkyl halides is 3. The average molecular weight is 255 g/mol. The molecule has 2 aromatic rings. The number of nitrogens with two attached hydrogens (primary N) is 1. The van der Waals surface area contributed by atoms with Crippen LogP contribution in [-0.2, 0) is 6.18 Å². The first-order valence-corrected chi connectivity index (χ1v) is 5.11. The first-order chi connectivity index (χ1) is 8.39. The second-order valence-corrected chi connectivity index (χ2v) is 3.78. The molecule has 0 amide bonds. The van der Waals surface area contributed by atoms with Gasteiger partial charge in [-0.2, -0.15) is 13.2 Å². The molecule has 0 aliphatic carbocycles. The SMILES string of the molecule is Nc1ccc(-c2ccccc2C(F)(F)F)c(F)c1. The Hall–Kier alpha value is -2.04. The first-order valence-electron chi connectivity index (χ1n) is 5.11. The highest BCUT2D eigenvalue weighted by molar-refractivity contribution is 5.70. The summed E-state index contributed by atoms with van der Waals surface area (Å²) in [5, 5.41) is 0. The van der Waals surface area contributed by atoms with Crippen molar-refractivity contribution in [3.63, 3.8) is 0 Å². The van der Waals surface area contributed by atoms with E-state index in [1.165, 1.54) is 30.3 Å². The van der Waals surface area contributed by atoms with Crippen LogP contribution in [0.4, 0.5) is 23.2 Å². The number of nitrogen functional groups attached to an aromatic ring is 1. The number of benzene rings is 2. The van der Waals surface area contributed by atoms with E-state index in [-0.39, 0.29) is 16.8 Å². The van der Waals surface area contributed by atoms with Gasteiger partial charge in [-0.1, -0.05) is 18.2 Å². The molecule has 0 unspecified atom stereocenters. The number of rotatable bonds is 1. The van der Waals surface area contributed by atoms with E-state index in [0.717, 1.165) is 12.1 Å². The molecule has 94 valence electrons. The highest BCUT2D eigenvalue weighted by Crippen LogP contribution is 2.37. The Morgan fingerprint density at radius 2 is 1.56 bits per heavy atom. The van der Waals surface area contributed by atoms with Crippen molar-refractivity contribution in [3.05, 3.63) is 53.8 Å². The van der Waals surface area contributed by atoms with Crippen LogP contribution in [0, 0.1) is 5.82 Å². The lowest BCUT2D eigenvalue weighted by Gasteiger charge is -2.13. The van der Waals surface area contributed by atoms with E-state index in [2.05, 4.69) is 0 Å². The van der Waals surface area contributed by atoms with Crippen LogP contribution in [-0.4, -0.2) is 0 Å². The van der Waals surface area contributed by atoms with Gasteiger partial charge in [0.15, 0.2) is 0 Å².